The van der Waals surface area contributed by atoms with Gasteiger partial charge in [-0.2, -0.15) is 0 Å². The SMILES string of the molecule is CCCCCCCCCCCCCCCC(=O)N[C@@H](CO)C(=O)NC(Cc1ccc(O)cc1)C(=O)N[C@@H](CO)C(=O)N[C@@H](CCCC)C(=O)N[C@@H](CCC(=O)O)C(=O)NC(CO)C(=O)N[C@H](Cc1ccccc1)C(=O)N[C@@H](CCCNC(=N)N)C(C)=O. The fourth-order valence-corrected chi connectivity index (χ4v) is 9.31. The van der Waals surface area contributed by atoms with Gasteiger partial charge in [-0.1, -0.05) is 146 Å². The quantitative estimate of drug-likeness (QED) is 0.0253. The maximum absolute atomic E-state index is 14.1. The number of phenolic OH excluding ortho intramolecular Hbond substituents is 1. The Hall–Kier alpha value is -7.71. The molecular weight excluding hydrogens is 1130 g/mol. The number of unbranched alkanes of at least 4 members (excludes halogenated alkanes) is 13. The Morgan fingerprint density at radius 1 is 0.437 bits per heavy atom. The molecule has 2 unspecified atom stereocenters. The van der Waals surface area contributed by atoms with Crippen LogP contribution in [0.15, 0.2) is 54.6 Å². The number of carbonyl (C=O) groups is 10. The number of aliphatic carboxylic acids is 1. The van der Waals surface area contributed by atoms with Gasteiger partial charge in [0.05, 0.1) is 25.9 Å². The highest BCUT2D eigenvalue weighted by atomic mass is 16.4. The fourth-order valence-electron chi connectivity index (χ4n) is 9.31. The van der Waals surface area contributed by atoms with Crippen LogP contribution in [-0.2, 0) is 60.8 Å². The van der Waals surface area contributed by atoms with Gasteiger partial charge in [0.25, 0.3) is 0 Å². The highest BCUT2D eigenvalue weighted by Gasteiger charge is 2.35. The van der Waals surface area contributed by atoms with E-state index < -0.39 is 140 Å². The van der Waals surface area contributed by atoms with Crippen molar-refractivity contribution in [3.05, 3.63) is 65.7 Å². The van der Waals surface area contributed by atoms with Gasteiger partial charge in [0.15, 0.2) is 11.7 Å². The highest BCUT2D eigenvalue weighted by molar-refractivity contribution is 5.98. The molecule has 0 saturated heterocycles. The first-order chi connectivity index (χ1) is 41.7. The van der Waals surface area contributed by atoms with Crippen molar-refractivity contribution in [1.82, 2.24) is 47.9 Å². The lowest BCUT2D eigenvalue weighted by Crippen LogP contribution is -2.61. The van der Waals surface area contributed by atoms with Gasteiger partial charge in [-0.05, 0) is 62.3 Å². The zero-order chi connectivity index (χ0) is 64.5. The van der Waals surface area contributed by atoms with Crippen LogP contribution in [0.1, 0.15) is 167 Å². The minimum atomic E-state index is -1.78. The zero-order valence-electron chi connectivity index (χ0n) is 50.8. The number of aromatic hydroxyl groups is 1. The summed E-state index contributed by atoms with van der Waals surface area (Å²) in [6.45, 7) is 2.57. The second-order valence-corrected chi connectivity index (χ2v) is 21.8. The Bertz CT molecular complexity index is 2450. The molecule has 8 atom stereocenters. The maximum Gasteiger partial charge on any atom is 0.303 e. The van der Waals surface area contributed by atoms with Crippen molar-refractivity contribution in [1.29, 1.82) is 5.41 Å². The van der Waals surface area contributed by atoms with Crippen LogP contribution in [0.2, 0.25) is 0 Å². The maximum atomic E-state index is 14.1. The van der Waals surface area contributed by atoms with Gasteiger partial charge in [-0.25, -0.2) is 0 Å². The number of aliphatic hydroxyl groups excluding tert-OH is 3. The normalized spacial score (nSPS) is 13.8. The number of Topliss-reactive ketones (excluding diaryl/α,β-unsaturated/α-hetero) is 1. The molecule has 0 aliphatic rings. The molecule has 0 aromatic heterocycles. The van der Waals surface area contributed by atoms with Gasteiger partial charge < -0.3 is 79.1 Å². The number of carboxylic acids is 1. The molecule has 0 saturated carbocycles. The van der Waals surface area contributed by atoms with E-state index in [4.69, 9.17) is 11.1 Å². The molecule has 26 heteroatoms. The first-order valence-electron chi connectivity index (χ1n) is 30.5. The van der Waals surface area contributed by atoms with Crippen molar-refractivity contribution in [2.45, 2.75) is 217 Å². The van der Waals surface area contributed by atoms with Crippen molar-refractivity contribution in [2.24, 2.45) is 5.73 Å². The number of amides is 8. The number of phenols is 1. The molecule has 0 fully saturated rings. The van der Waals surface area contributed by atoms with Crippen molar-refractivity contribution < 1.29 is 73.5 Å². The number of benzene rings is 2. The largest absolute Gasteiger partial charge is 0.508 e. The van der Waals surface area contributed by atoms with Crippen LogP contribution < -0.4 is 53.6 Å². The summed E-state index contributed by atoms with van der Waals surface area (Å²) >= 11 is 0. The number of nitrogens with two attached hydrogens (primary N) is 1. The molecule has 0 bridgehead atoms. The first kappa shape index (κ1) is 75.4. The van der Waals surface area contributed by atoms with Crippen molar-refractivity contribution in [3.8, 4) is 5.75 Å². The number of aliphatic hydroxyl groups is 3. The Morgan fingerprint density at radius 3 is 1.24 bits per heavy atom. The molecule has 0 radical (unpaired) electrons. The third-order valence-corrected chi connectivity index (χ3v) is 14.4. The smallest absolute Gasteiger partial charge is 0.303 e. The second-order valence-electron chi connectivity index (χ2n) is 21.8. The van der Waals surface area contributed by atoms with Gasteiger partial charge in [0.2, 0.25) is 47.3 Å². The zero-order valence-corrected chi connectivity index (χ0v) is 50.8. The molecule has 486 valence electrons. The number of carboxylic acid groups (broad SMARTS) is 1. The number of rotatable bonds is 47. The molecule has 8 amide bonds. The number of carbonyl (C=O) groups excluding carboxylic acids is 9. The van der Waals surface area contributed by atoms with Crippen LogP contribution >= 0.6 is 0 Å². The van der Waals surface area contributed by atoms with Crippen LogP contribution in [0.5, 0.6) is 5.75 Å². The van der Waals surface area contributed by atoms with Gasteiger partial charge in [-0.3, -0.25) is 53.4 Å². The number of hydrogen-bond donors (Lipinski definition) is 16. The van der Waals surface area contributed by atoms with Gasteiger partial charge >= 0.3 is 5.97 Å². The number of hydrogen-bond acceptors (Lipinski definition) is 15. The van der Waals surface area contributed by atoms with Crippen LogP contribution in [0.4, 0.5) is 0 Å². The summed E-state index contributed by atoms with van der Waals surface area (Å²) in [6.07, 6.45) is 14.2. The molecular formula is C61H97N11O15. The predicted molar refractivity (Wildman–Crippen MR) is 325 cm³/mol. The fraction of sp³-hybridized carbons (Fsp3) is 0.623. The third kappa shape index (κ3) is 32.0. The number of guanidine groups is 1. The topological polar surface area (TPSA) is 430 Å². The molecule has 87 heavy (non-hydrogen) atoms. The van der Waals surface area contributed by atoms with E-state index in [-0.39, 0.29) is 50.4 Å². The number of ketones is 1. The summed E-state index contributed by atoms with van der Waals surface area (Å²) in [4.78, 5) is 134. The lowest BCUT2D eigenvalue weighted by molar-refractivity contribution is -0.139. The van der Waals surface area contributed by atoms with Crippen LogP contribution in [0.3, 0.4) is 0 Å². The molecule has 26 nitrogen and oxygen atoms in total. The third-order valence-electron chi connectivity index (χ3n) is 14.4. The van der Waals surface area contributed by atoms with Crippen LogP contribution in [0.25, 0.3) is 0 Å². The van der Waals surface area contributed by atoms with Crippen molar-refractivity contribution in [3.63, 3.8) is 0 Å². The van der Waals surface area contributed by atoms with Gasteiger partial charge in [-0.15, -0.1) is 0 Å². The van der Waals surface area contributed by atoms with Crippen molar-refractivity contribution in [2.75, 3.05) is 26.4 Å². The highest BCUT2D eigenvalue weighted by Crippen LogP contribution is 2.15. The Morgan fingerprint density at radius 2 is 0.805 bits per heavy atom. The van der Waals surface area contributed by atoms with E-state index >= 15 is 0 Å². The molecule has 0 aliphatic heterocycles. The minimum absolute atomic E-state index is 0.0765. The molecule has 2 rings (SSSR count). The lowest BCUT2D eigenvalue weighted by Gasteiger charge is -2.27. The van der Waals surface area contributed by atoms with Crippen LogP contribution in [-0.4, -0.2) is 165 Å². The van der Waals surface area contributed by atoms with Gasteiger partial charge in [0.1, 0.15) is 48.0 Å². The molecule has 2 aromatic carbocycles. The average Bonchev–Trinajstić information content (AvgIpc) is 3.70. The Kier molecular flexibility index (Phi) is 38.0. The van der Waals surface area contributed by atoms with E-state index in [1.54, 1.807) is 37.3 Å². The van der Waals surface area contributed by atoms with Gasteiger partial charge in [0, 0.05) is 32.2 Å². The monoisotopic (exact) mass is 1220 g/mol. The van der Waals surface area contributed by atoms with E-state index in [0.717, 1.165) is 25.7 Å². The summed E-state index contributed by atoms with van der Waals surface area (Å²) in [7, 11) is 0. The van der Waals surface area contributed by atoms with E-state index in [1.807, 2.05) is 0 Å². The summed E-state index contributed by atoms with van der Waals surface area (Å²) < 4.78 is 0. The minimum Gasteiger partial charge on any atom is -0.508 e. The predicted octanol–water partition coefficient (Wildman–Crippen LogP) is 1.42. The summed E-state index contributed by atoms with van der Waals surface area (Å²) in [5, 5.41) is 80.2. The Labute approximate surface area is 510 Å². The molecule has 0 heterocycles. The lowest BCUT2D eigenvalue weighted by atomic mass is 10.0. The van der Waals surface area contributed by atoms with E-state index in [1.165, 1.54) is 82.6 Å². The molecule has 0 aliphatic carbocycles. The van der Waals surface area contributed by atoms with Crippen molar-refractivity contribution >= 4 is 65.0 Å². The van der Waals surface area contributed by atoms with Crippen LogP contribution in [0, 0.1) is 5.41 Å². The standard InChI is InChI=1S/C61H97N11O15/c1-4-6-8-9-10-11-12-13-14-15-16-17-21-27-52(78)65-49(37-73)58(85)69-48(36-42-28-30-43(77)31-29-42)57(84)72-50(38-74)59(86)67-45(25-7-5-2)54(81)68-46(32-33-53(79)80)55(82)71-51(39-75)60(87)70-47(35-41-23-19-18-20-24-41)56(83)66-44(40(3)76)26-22-34-64-61(62)63/h18-20,23-24,28-31,44-51,73-75,77H,4-17,21-22,25-27,32-39H2,1-3H3,(H,65,78)(H,66,83)(H,67,86)(H,68,81)(H,69,85)(H,70,87)(H,71,82)(H,72,84)(H,79,80)(H4,62,63,64)/t44-,45-,46-,47+,48?,49-,50-,51?/m0/s1. The molecule has 0 spiro atoms. The Balaban J connectivity index is 2.23. The summed E-state index contributed by atoms with van der Waals surface area (Å²) in [6, 6.07) is 1.99. The first-order valence-corrected chi connectivity index (χ1v) is 30.5. The molecule has 17 N–H and O–H groups in total. The second kappa shape index (κ2) is 43.8. The molecule has 2 aromatic rings. The average molecular weight is 1220 g/mol. The van der Waals surface area contributed by atoms with E-state index in [0.29, 0.717) is 36.8 Å². The van der Waals surface area contributed by atoms with E-state index in [9.17, 15) is 73.5 Å². The summed E-state index contributed by atoms with van der Waals surface area (Å²) in [5.74, 6) is -9.69. The number of nitrogens with one attached hydrogen (secondary N) is 10. The summed E-state index contributed by atoms with van der Waals surface area (Å²) in [5.41, 5.74) is 6.35. The van der Waals surface area contributed by atoms with E-state index in [2.05, 4.69) is 54.8 Å².